The SMILES string of the molecule is CCOC(C)CNCc1nc2ccccc2c(=O)[nH]1. The molecule has 1 atom stereocenters. The van der Waals surface area contributed by atoms with Gasteiger partial charge in [-0.05, 0) is 26.0 Å². The van der Waals surface area contributed by atoms with Gasteiger partial charge in [0.25, 0.3) is 5.56 Å². The summed E-state index contributed by atoms with van der Waals surface area (Å²) in [6.07, 6.45) is 0.150. The lowest BCUT2D eigenvalue weighted by molar-refractivity contribution is 0.0758. The highest BCUT2D eigenvalue weighted by Gasteiger charge is 2.04. The highest BCUT2D eigenvalue weighted by molar-refractivity contribution is 5.77. The van der Waals surface area contributed by atoms with Crippen LogP contribution in [-0.4, -0.2) is 29.2 Å². The molecule has 0 aliphatic heterocycles. The maximum Gasteiger partial charge on any atom is 0.258 e. The fraction of sp³-hybridized carbons (Fsp3) is 0.429. The quantitative estimate of drug-likeness (QED) is 0.825. The van der Waals surface area contributed by atoms with E-state index in [0.717, 1.165) is 12.1 Å². The Balaban J connectivity index is 2.03. The minimum absolute atomic E-state index is 0.0970. The van der Waals surface area contributed by atoms with Crippen molar-refractivity contribution in [1.29, 1.82) is 0 Å². The van der Waals surface area contributed by atoms with Gasteiger partial charge in [0.15, 0.2) is 0 Å². The zero-order valence-corrected chi connectivity index (χ0v) is 11.3. The number of benzene rings is 1. The summed E-state index contributed by atoms with van der Waals surface area (Å²) >= 11 is 0. The van der Waals surface area contributed by atoms with E-state index in [1.54, 1.807) is 6.07 Å². The van der Waals surface area contributed by atoms with Crippen molar-refractivity contribution in [3.8, 4) is 0 Å². The van der Waals surface area contributed by atoms with Gasteiger partial charge in [-0.2, -0.15) is 0 Å². The fourth-order valence-electron chi connectivity index (χ4n) is 1.96. The number of hydrogen-bond acceptors (Lipinski definition) is 4. The number of nitrogens with zero attached hydrogens (tertiary/aromatic N) is 1. The molecule has 2 rings (SSSR count). The average Bonchev–Trinajstić information content (AvgIpc) is 2.39. The van der Waals surface area contributed by atoms with E-state index in [1.165, 1.54) is 0 Å². The second-order valence-electron chi connectivity index (χ2n) is 4.43. The third kappa shape index (κ3) is 3.62. The number of para-hydroxylation sites is 1. The molecule has 1 aromatic heterocycles. The molecule has 2 N–H and O–H groups in total. The Morgan fingerprint density at radius 3 is 3.00 bits per heavy atom. The van der Waals surface area contributed by atoms with Crippen LogP contribution in [0.2, 0.25) is 0 Å². The average molecular weight is 261 g/mol. The molecule has 5 nitrogen and oxygen atoms in total. The molecule has 0 saturated carbocycles. The van der Waals surface area contributed by atoms with Crippen molar-refractivity contribution in [3.05, 3.63) is 40.4 Å². The lowest BCUT2D eigenvalue weighted by Crippen LogP contribution is -2.28. The van der Waals surface area contributed by atoms with E-state index in [2.05, 4.69) is 15.3 Å². The number of nitrogens with one attached hydrogen (secondary N) is 2. The van der Waals surface area contributed by atoms with Crippen molar-refractivity contribution in [1.82, 2.24) is 15.3 Å². The topological polar surface area (TPSA) is 67.0 Å². The fourth-order valence-corrected chi connectivity index (χ4v) is 1.96. The first-order valence-corrected chi connectivity index (χ1v) is 6.51. The monoisotopic (exact) mass is 261 g/mol. The molecule has 2 aromatic rings. The molecule has 0 bridgehead atoms. The van der Waals surface area contributed by atoms with Gasteiger partial charge in [-0.15, -0.1) is 0 Å². The maximum atomic E-state index is 11.9. The van der Waals surface area contributed by atoms with E-state index in [0.29, 0.717) is 24.4 Å². The van der Waals surface area contributed by atoms with Crippen LogP contribution in [0.4, 0.5) is 0 Å². The molecule has 102 valence electrons. The summed E-state index contributed by atoms with van der Waals surface area (Å²) < 4.78 is 5.42. The van der Waals surface area contributed by atoms with Crippen LogP contribution in [0.25, 0.3) is 10.9 Å². The van der Waals surface area contributed by atoms with Crippen molar-refractivity contribution in [2.75, 3.05) is 13.2 Å². The second kappa shape index (κ2) is 6.45. The van der Waals surface area contributed by atoms with Gasteiger partial charge in [0.2, 0.25) is 0 Å². The van der Waals surface area contributed by atoms with Crippen LogP contribution in [0.3, 0.4) is 0 Å². The summed E-state index contributed by atoms with van der Waals surface area (Å²) in [6.45, 7) is 5.93. The van der Waals surface area contributed by atoms with Crippen LogP contribution < -0.4 is 10.9 Å². The zero-order chi connectivity index (χ0) is 13.7. The normalized spacial score (nSPS) is 12.7. The first kappa shape index (κ1) is 13.7. The number of fused-ring (bicyclic) bond motifs is 1. The summed E-state index contributed by atoms with van der Waals surface area (Å²) in [5.41, 5.74) is 0.626. The molecule has 1 aromatic carbocycles. The minimum atomic E-state index is -0.0970. The Bertz CT molecular complexity index is 595. The number of hydrogen-bond donors (Lipinski definition) is 2. The van der Waals surface area contributed by atoms with Crippen molar-refractivity contribution in [3.63, 3.8) is 0 Å². The third-order valence-electron chi connectivity index (χ3n) is 2.84. The molecule has 0 spiro atoms. The third-order valence-corrected chi connectivity index (χ3v) is 2.84. The smallest absolute Gasteiger partial charge is 0.258 e. The van der Waals surface area contributed by atoms with E-state index in [4.69, 9.17) is 4.74 Å². The molecule has 1 unspecified atom stereocenters. The van der Waals surface area contributed by atoms with E-state index in [9.17, 15) is 4.79 Å². The van der Waals surface area contributed by atoms with Gasteiger partial charge in [0, 0.05) is 13.2 Å². The molecule has 1 heterocycles. The van der Waals surface area contributed by atoms with E-state index < -0.39 is 0 Å². The number of rotatable bonds is 6. The second-order valence-corrected chi connectivity index (χ2v) is 4.43. The van der Waals surface area contributed by atoms with Gasteiger partial charge in [0.05, 0.1) is 23.6 Å². The van der Waals surface area contributed by atoms with Gasteiger partial charge < -0.3 is 15.0 Å². The Labute approximate surface area is 112 Å². The molecule has 0 fully saturated rings. The van der Waals surface area contributed by atoms with Gasteiger partial charge in [-0.1, -0.05) is 12.1 Å². The summed E-state index contributed by atoms with van der Waals surface area (Å²) in [7, 11) is 0. The van der Waals surface area contributed by atoms with Crippen molar-refractivity contribution < 1.29 is 4.74 Å². The lowest BCUT2D eigenvalue weighted by atomic mass is 10.2. The molecule has 0 amide bonds. The molecule has 0 radical (unpaired) electrons. The molecule has 5 heteroatoms. The molecule has 0 saturated heterocycles. The first-order valence-electron chi connectivity index (χ1n) is 6.51. The van der Waals surface area contributed by atoms with Gasteiger partial charge in [0.1, 0.15) is 5.82 Å². The molecule has 0 aliphatic rings. The van der Waals surface area contributed by atoms with Gasteiger partial charge in [-0.3, -0.25) is 4.79 Å². The summed E-state index contributed by atoms with van der Waals surface area (Å²) in [5.74, 6) is 0.646. The Hall–Kier alpha value is -1.72. The van der Waals surface area contributed by atoms with Gasteiger partial charge in [-0.25, -0.2) is 4.98 Å². The highest BCUT2D eigenvalue weighted by atomic mass is 16.5. The van der Waals surface area contributed by atoms with Crippen LogP contribution in [-0.2, 0) is 11.3 Å². The Morgan fingerprint density at radius 1 is 1.42 bits per heavy atom. The molecule has 19 heavy (non-hydrogen) atoms. The highest BCUT2D eigenvalue weighted by Crippen LogP contribution is 2.05. The molecular formula is C14H19N3O2. The summed E-state index contributed by atoms with van der Waals surface area (Å²) in [5, 5.41) is 3.84. The maximum absolute atomic E-state index is 11.9. The van der Waals surface area contributed by atoms with E-state index >= 15 is 0 Å². The summed E-state index contributed by atoms with van der Waals surface area (Å²) in [4.78, 5) is 19.1. The number of H-pyrrole nitrogens is 1. The van der Waals surface area contributed by atoms with Crippen LogP contribution in [0, 0.1) is 0 Å². The molecule has 0 aliphatic carbocycles. The standard InChI is InChI=1S/C14H19N3O2/c1-3-19-10(2)8-15-9-13-16-12-7-5-4-6-11(12)14(18)17-13/h4-7,10,15H,3,8-9H2,1-2H3,(H,16,17,18). The minimum Gasteiger partial charge on any atom is -0.377 e. The van der Waals surface area contributed by atoms with Crippen LogP contribution >= 0.6 is 0 Å². The van der Waals surface area contributed by atoms with Crippen molar-refractivity contribution in [2.24, 2.45) is 0 Å². The van der Waals surface area contributed by atoms with Crippen LogP contribution in [0.5, 0.6) is 0 Å². The number of aromatic nitrogens is 2. The largest absolute Gasteiger partial charge is 0.377 e. The van der Waals surface area contributed by atoms with E-state index in [-0.39, 0.29) is 11.7 Å². The predicted molar refractivity (Wildman–Crippen MR) is 75.2 cm³/mol. The Morgan fingerprint density at radius 2 is 2.21 bits per heavy atom. The Kier molecular flexibility index (Phi) is 4.65. The van der Waals surface area contributed by atoms with Crippen molar-refractivity contribution >= 4 is 10.9 Å². The summed E-state index contributed by atoms with van der Waals surface area (Å²) in [6, 6.07) is 7.33. The van der Waals surface area contributed by atoms with Crippen LogP contribution in [0.1, 0.15) is 19.7 Å². The van der Waals surface area contributed by atoms with Crippen LogP contribution in [0.15, 0.2) is 29.1 Å². The lowest BCUT2D eigenvalue weighted by Gasteiger charge is -2.12. The first-order chi connectivity index (χ1) is 9.20. The predicted octanol–water partition coefficient (Wildman–Crippen LogP) is 1.44. The number of ether oxygens (including phenoxy) is 1. The number of aromatic amines is 1. The zero-order valence-electron chi connectivity index (χ0n) is 11.3. The van der Waals surface area contributed by atoms with E-state index in [1.807, 2.05) is 32.0 Å². The molecular weight excluding hydrogens is 242 g/mol. The van der Waals surface area contributed by atoms with Gasteiger partial charge >= 0.3 is 0 Å². The van der Waals surface area contributed by atoms with Crippen molar-refractivity contribution in [2.45, 2.75) is 26.5 Å².